The van der Waals surface area contributed by atoms with E-state index in [9.17, 15) is 4.79 Å². The van der Waals surface area contributed by atoms with Crippen molar-refractivity contribution in [2.45, 2.75) is 52.1 Å². The third-order valence-electron chi connectivity index (χ3n) is 5.01. The first-order chi connectivity index (χ1) is 11.6. The van der Waals surface area contributed by atoms with Crippen LogP contribution in [0.4, 0.5) is 0 Å². The van der Waals surface area contributed by atoms with E-state index in [1.165, 1.54) is 18.4 Å². The molecule has 6 nitrogen and oxygen atoms in total. The van der Waals surface area contributed by atoms with Crippen LogP contribution < -0.4 is 0 Å². The van der Waals surface area contributed by atoms with Gasteiger partial charge >= 0.3 is 0 Å². The van der Waals surface area contributed by atoms with Crippen molar-refractivity contribution in [3.05, 3.63) is 35.4 Å². The number of hydrogen-bond donors (Lipinski definition) is 0. The van der Waals surface area contributed by atoms with Crippen LogP contribution >= 0.6 is 0 Å². The maximum absolute atomic E-state index is 12.2. The van der Waals surface area contributed by atoms with Crippen LogP contribution in [-0.2, 0) is 11.3 Å². The lowest BCUT2D eigenvalue weighted by Gasteiger charge is -2.28. The molecule has 0 saturated heterocycles. The molecular weight excluding hydrogens is 302 g/mol. The molecule has 0 atom stereocenters. The average molecular weight is 323 g/mol. The predicted octanol–water partition coefficient (Wildman–Crippen LogP) is 2.88. The van der Waals surface area contributed by atoms with Gasteiger partial charge in [0.15, 0.2) is 5.65 Å². The van der Waals surface area contributed by atoms with Crippen LogP contribution in [0, 0.1) is 6.92 Å². The van der Waals surface area contributed by atoms with Crippen molar-refractivity contribution in [2.24, 2.45) is 0 Å². The van der Waals surface area contributed by atoms with E-state index in [0.29, 0.717) is 12.6 Å². The van der Waals surface area contributed by atoms with Crippen LogP contribution in [0.5, 0.6) is 0 Å². The number of aryl methyl sites for hydroxylation is 1. The molecule has 0 radical (unpaired) electrons. The van der Waals surface area contributed by atoms with Gasteiger partial charge in [-0.05, 0) is 47.9 Å². The lowest BCUT2D eigenvalue weighted by molar-refractivity contribution is -0.131. The SMILES string of the molecule is CC(=O)N(Cc1cc2ccc(C)cc2n2nnnc12)C1CCCC1. The Labute approximate surface area is 140 Å². The van der Waals surface area contributed by atoms with Crippen molar-refractivity contribution in [2.75, 3.05) is 0 Å². The average Bonchev–Trinajstić information content (AvgIpc) is 3.24. The molecular formula is C18H21N5O. The maximum Gasteiger partial charge on any atom is 0.219 e. The highest BCUT2D eigenvalue weighted by Gasteiger charge is 2.25. The van der Waals surface area contributed by atoms with Crippen LogP contribution in [-0.4, -0.2) is 36.9 Å². The lowest BCUT2D eigenvalue weighted by atomic mass is 10.1. The standard InChI is InChI=1S/C18H21N5O/c1-12-7-8-14-10-15(18-19-20-21-23(18)17(14)9-12)11-22(13(2)24)16-5-3-4-6-16/h7-10,16H,3-6,11H2,1-2H3. The van der Waals surface area contributed by atoms with Crippen molar-refractivity contribution < 1.29 is 4.79 Å². The molecule has 0 unspecified atom stereocenters. The monoisotopic (exact) mass is 323 g/mol. The number of carbonyl (C=O) groups is 1. The fourth-order valence-electron chi connectivity index (χ4n) is 3.77. The molecule has 1 fully saturated rings. The van der Waals surface area contributed by atoms with E-state index in [-0.39, 0.29) is 5.91 Å². The number of benzene rings is 1. The number of hydrogen-bond acceptors (Lipinski definition) is 4. The third kappa shape index (κ3) is 2.52. The van der Waals surface area contributed by atoms with E-state index in [1.807, 2.05) is 4.90 Å². The van der Waals surface area contributed by atoms with Crippen LogP contribution in [0.1, 0.15) is 43.7 Å². The summed E-state index contributed by atoms with van der Waals surface area (Å²) in [5.74, 6) is 0.122. The van der Waals surface area contributed by atoms with Gasteiger partial charge in [0.05, 0.1) is 5.52 Å². The summed E-state index contributed by atoms with van der Waals surface area (Å²) in [6.07, 6.45) is 4.59. The van der Waals surface area contributed by atoms with Crippen LogP contribution in [0.3, 0.4) is 0 Å². The quantitative estimate of drug-likeness (QED) is 0.743. The van der Waals surface area contributed by atoms with Crippen LogP contribution in [0.25, 0.3) is 16.6 Å². The van der Waals surface area contributed by atoms with Gasteiger partial charge in [-0.1, -0.05) is 25.0 Å². The lowest BCUT2D eigenvalue weighted by Crippen LogP contribution is -2.36. The molecule has 0 spiro atoms. The molecule has 1 aromatic carbocycles. The van der Waals surface area contributed by atoms with E-state index in [4.69, 9.17) is 0 Å². The highest BCUT2D eigenvalue weighted by Crippen LogP contribution is 2.27. The van der Waals surface area contributed by atoms with Crippen molar-refractivity contribution in [1.29, 1.82) is 0 Å². The Morgan fingerprint density at radius 1 is 1.29 bits per heavy atom. The molecule has 0 aliphatic heterocycles. The summed E-state index contributed by atoms with van der Waals surface area (Å²) in [6, 6.07) is 8.71. The Morgan fingerprint density at radius 2 is 2.08 bits per heavy atom. The summed E-state index contributed by atoms with van der Waals surface area (Å²) in [5.41, 5.74) is 3.90. The van der Waals surface area contributed by atoms with Gasteiger partial charge in [-0.25, -0.2) is 0 Å². The van der Waals surface area contributed by atoms with Crippen molar-refractivity contribution in [3.8, 4) is 0 Å². The second-order valence-corrected chi connectivity index (χ2v) is 6.73. The number of nitrogens with zero attached hydrogens (tertiary/aromatic N) is 5. The Hall–Kier alpha value is -2.50. The molecule has 1 aliphatic rings. The molecule has 2 aromatic heterocycles. The highest BCUT2D eigenvalue weighted by molar-refractivity contribution is 5.84. The summed E-state index contributed by atoms with van der Waals surface area (Å²) in [6.45, 7) is 4.27. The van der Waals surface area contributed by atoms with Gasteiger partial charge in [-0.2, -0.15) is 4.52 Å². The zero-order chi connectivity index (χ0) is 16.7. The zero-order valence-electron chi connectivity index (χ0n) is 14.1. The van der Waals surface area contributed by atoms with Crippen molar-refractivity contribution >= 4 is 22.5 Å². The number of aromatic nitrogens is 4. The van der Waals surface area contributed by atoms with Gasteiger partial charge in [0.1, 0.15) is 0 Å². The van der Waals surface area contributed by atoms with Gasteiger partial charge in [0.2, 0.25) is 5.91 Å². The Morgan fingerprint density at radius 3 is 2.83 bits per heavy atom. The Kier molecular flexibility index (Phi) is 3.67. The van der Waals surface area contributed by atoms with Gasteiger partial charge in [-0.15, -0.1) is 5.10 Å². The molecule has 0 bridgehead atoms. The molecule has 0 N–H and O–H groups in total. The molecule has 24 heavy (non-hydrogen) atoms. The maximum atomic E-state index is 12.2. The number of amides is 1. The molecule has 4 rings (SSSR count). The molecule has 1 amide bonds. The minimum atomic E-state index is 0.122. The predicted molar refractivity (Wildman–Crippen MR) is 91.5 cm³/mol. The van der Waals surface area contributed by atoms with Gasteiger partial charge in [-0.3, -0.25) is 4.79 Å². The van der Waals surface area contributed by atoms with Crippen molar-refractivity contribution in [1.82, 2.24) is 24.9 Å². The summed E-state index contributed by atoms with van der Waals surface area (Å²) >= 11 is 0. The molecule has 1 aliphatic carbocycles. The first-order valence-corrected chi connectivity index (χ1v) is 8.51. The molecule has 124 valence electrons. The highest BCUT2D eigenvalue weighted by atomic mass is 16.2. The van der Waals surface area contributed by atoms with E-state index < -0.39 is 0 Å². The first kappa shape index (κ1) is 15.1. The van der Waals surface area contributed by atoms with Gasteiger partial charge in [0.25, 0.3) is 0 Å². The Balaban J connectivity index is 1.81. The second-order valence-electron chi connectivity index (χ2n) is 6.73. The van der Waals surface area contributed by atoms with Crippen LogP contribution in [0.2, 0.25) is 0 Å². The van der Waals surface area contributed by atoms with Gasteiger partial charge < -0.3 is 4.90 Å². The zero-order valence-corrected chi connectivity index (χ0v) is 14.1. The molecule has 2 heterocycles. The normalized spacial score (nSPS) is 15.4. The number of carbonyl (C=O) groups excluding carboxylic acids is 1. The van der Waals surface area contributed by atoms with E-state index in [2.05, 4.69) is 46.7 Å². The fourth-order valence-corrected chi connectivity index (χ4v) is 3.77. The fraction of sp³-hybridized carbons (Fsp3) is 0.444. The first-order valence-electron chi connectivity index (χ1n) is 8.51. The van der Waals surface area contributed by atoms with E-state index >= 15 is 0 Å². The summed E-state index contributed by atoms with van der Waals surface area (Å²) in [7, 11) is 0. The largest absolute Gasteiger partial charge is 0.335 e. The van der Waals surface area contributed by atoms with E-state index in [1.54, 1.807) is 11.4 Å². The summed E-state index contributed by atoms with van der Waals surface area (Å²) < 4.78 is 1.78. The summed E-state index contributed by atoms with van der Waals surface area (Å²) in [4.78, 5) is 14.2. The topological polar surface area (TPSA) is 63.4 Å². The number of pyridine rings is 1. The van der Waals surface area contributed by atoms with Crippen molar-refractivity contribution in [3.63, 3.8) is 0 Å². The second kappa shape index (κ2) is 5.85. The van der Waals surface area contributed by atoms with Crippen LogP contribution in [0.15, 0.2) is 24.3 Å². The molecule has 6 heteroatoms. The minimum absolute atomic E-state index is 0.122. The Bertz CT molecular complexity index is 910. The minimum Gasteiger partial charge on any atom is -0.335 e. The molecule has 3 aromatic rings. The third-order valence-corrected chi connectivity index (χ3v) is 5.01. The number of tetrazole rings is 1. The van der Waals surface area contributed by atoms with E-state index in [0.717, 1.165) is 35.0 Å². The smallest absolute Gasteiger partial charge is 0.219 e. The summed E-state index contributed by atoms with van der Waals surface area (Å²) in [5, 5.41) is 13.3. The number of rotatable bonds is 3. The van der Waals surface area contributed by atoms with Gasteiger partial charge in [0, 0.05) is 30.5 Å². The molecule has 1 saturated carbocycles. The number of fused-ring (bicyclic) bond motifs is 3.